The van der Waals surface area contributed by atoms with Gasteiger partial charge in [0.2, 0.25) is 10.0 Å². The molecule has 0 fully saturated rings. The number of hydrogen-bond donors (Lipinski definition) is 2. The standard InChI is InChI=1S/C15H18N2O5S/c1-16-23(19,20)12-5-3-11(4-6-12)13-7-8-14(22-13)15(18)17-9-10-21-2/h3-8,16H,9-10H2,1-2H3,(H,17,18). The van der Waals surface area contributed by atoms with Crippen LogP contribution in [0.15, 0.2) is 45.7 Å². The summed E-state index contributed by atoms with van der Waals surface area (Å²) in [4.78, 5) is 12.0. The fourth-order valence-corrected chi connectivity index (χ4v) is 2.62. The van der Waals surface area contributed by atoms with Crippen LogP contribution in [-0.4, -0.2) is 41.6 Å². The number of furan rings is 1. The molecular formula is C15H18N2O5S. The Hall–Kier alpha value is -2.16. The maximum atomic E-state index is 11.8. The molecule has 2 aromatic rings. The van der Waals surface area contributed by atoms with Crippen LogP contribution in [0, 0.1) is 0 Å². The van der Waals surface area contributed by atoms with Crippen molar-refractivity contribution in [3.8, 4) is 11.3 Å². The van der Waals surface area contributed by atoms with E-state index in [9.17, 15) is 13.2 Å². The Morgan fingerprint density at radius 2 is 1.87 bits per heavy atom. The summed E-state index contributed by atoms with van der Waals surface area (Å²) in [6, 6.07) is 9.41. The molecule has 0 bridgehead atoms. The van der Waals surface area contributed by atoms with Crippen molar-refractivity contribution in [3.05, 3.63) is 42.2 Å². The fourth-order valence-electron chi connectivity index (χ4n) is 1.89. The number of methoxy groups -OCH3 is 1. The van der Waals surface area contributed by atoms with Crippen molar-refractivity contribution in [1.82, 2.24) is 10.0 Å². The van der Waals surface area contributed by atoms with E-state index in [0.717, 1.165) is 0 Å². The normalized spacial score (nSPS) is 11.4. The third kappa shape index (κ3) is 4.19. The Morgan fingerprint density at radius 1 is 1.17 bits per heavy atom. The van der Waals surface area contributed by atoms with Crippen LogP contribution in [0.25, 0.3) is 11.3 Å². The summed E-state index contributed by atoms with van der Waals surface area (Å²) in [6.07, 6.45) is 0. The van der Waals surface area contributed by atoms with Crippen LogP contribution in [0.4, 0.5) is 0 Å². The lowest BCUT2D eigenvalue weighted by Crippen LogP contribution is -2.26. The highest BCUT2D eigenvalue weighted by atomic mass is 32.2. The van der Waals surface area contributed by atoms with Crippen molar-refractivity contribution in [2.24, 2.45) is 0 Å². The van der Waals surface area contributed by atoms with Gasteiger partial charge in [0, 0.05) is 19.2 Å². The van der Waals surface area contributed by atoms with Crippen LogP contribution < -0.4 is 10.0 Å². The molecule has 1 amide bonds. The van der Waals surface area contributed by atoms with Gasteiger partial charge in [-0.25, -0.2) is 13.1 Å². The predicted molar refractivity (Wildman–Crippen MR) is 84.6 cm³/mol. The van der Waals surface area contributed by atoms with Crippen molar-refractivity contribution in [2.45, 2.75) is 4.90 Å². The van der Waals surface area contributed by atoms with Gasteiger partial charge in [-0.05, 0) is 43.4 Å². The second-order valence-electron chi connectivity index (χ2n) is 4.64. The number of nitrogens with one attached hydrogen (secondary N) is 2. The summed E-state index contributed by atoms with van der Waals surface area (Å²) in [5, 5.41) is 2.66. The minimum atomic E-state index is -3.47. The Balaban J connectivity index is 2.13. The lowest BCUT2D eigenvalue weighted by atomic mass is 10.2. The SMILES string of the molecule is CNS(=O)(=O)c1ccc(-c2ccc(C(=O)NCCOC)o2)cc1. The lowest BCUT2D eigenvalue weighted by Gasteiger charge is -2.03. The van der Waals surface area contributed by atoms with Crippen molar-refractivity contribution in [3.63, 3.8) is 0 Å². The number of benzene rings is 1. The number of carbonyl (C=O) groups excluding carboxylic acids is 1. The van der Waals surface area contributed by atoms with E-state index < -0.39 is 10.0 Å². The molecule has 1 heterocycles. The largest absolute Gasteiger partial charge is 0.451 e. The Labute approximate surface area is 134 Å². The third-order valence-electron chi connectivity index (χ3n) is 3.14. The molecule has 0 atom stereocenters. The first kappa shape index (κ1) is 17.2. The molecule has 0 unspecified atom stereocenters. The van der Waals surface area contributed by atoms with Crippen LogP contribution in [0.5, 0.6) is 0 Å². The zero-order valence-corrected chi connectivity index (χ0v) is 13.6. The monoisotopic (exact) mass is 338 g/mol. The minimum absolute atomic E-state index is 0.160. The highest BCUT2D eigenvalue weighted by molar-refractivity contribution is 7.89. The van der Waals surface area contributed by atoms with Crippen molar-refractivity contribution in [1.29, 1.82) is 0 Å². The van der Waals surface area contributed by atoms with E-state index in [1.807, 2.05) is 0 Å². The van der Waals surface area contributed by atoms with Gasteiger partial charge < -0.3 is 14.5 Å². The van der Waals surface area contributed by atoms with Crippen LogP contribution >= 0.6 is 0 Å². The maximum Gasteiger partial charge on any atom is 0.287 e. The molecular weight excluding hydrogens is 320 g/mol. The molecule has 0 aliphatic rings. The van der Waals surface area contributed by atoms with Crippen molar-refractivity contribution < 1.29 is 22.4 Å². The van der Waals surface area contributed by atoms with Crippen molar-refractivity contribution >= 4 is 15.9 Å². The van der Waals surface area contributed by atoms with E-state index >= 15 is 0 Å². The first-order chi connectivity index (χ1) is 11.0. The molecule has 124 valence electrons. The zero-order valence-electron chi connectivity index (χ0n) is 12.8. The van der Waals surface area contributed by atoms with Gasteiger partial charge in [0.15, 0.2) is 5.76 Å². The van der Waals surface area contributed by atoms with E-state index in [0.29, 0.717) is 24.5 Å². The van der Waals surface area contributed by atoms with Crippen molar-refractivity contribution in [2.75, 3.05) is 27.3 Å². The number of hydrogen-bond acceptors (Lipinski definition) is 5. The Bertz CT molecular complexity index is 765. The van der Waals surface area contributed by atoms with Gasteiger partial charge in [-0.2, -0.15) is 0 Å². The average molecular weight is 338 g/mol. The number of carbonyl (C=O) groups is 1. The topological polar surface area (TPSA) is 97.6 Å². The molecule has 0 aliphatic heterocycles. The number of amides is 1. The fraction of sp³-hybridized carbons (Fsp3) is 0.267. The number of ether oxygens (including phenoxy) is 1. The summed E-state index contributed by atoms with van der Waals surface area (Å²) >= 11 is 0. The summed E-state index contributed by atoms with van der Waals surface area (Å²) in [5.74, 6) is 0.334. The van der Waals surface area contributed by atoms with E-state index in [2.05, 4.69) is 10.0 Å². The van der Waals surface area contributed by atoms with Gasteiger partial charge in [-0.15, -0.1) is 0 Å². The molecule has 0 spiro atoms. The summed E-state index contributed by atoms with van der Waals surface area (Å²) in [7, 11) is -0.573. The predicted octanol–water partition coefficient (Wildman–Crippen LogP) is 1.23. The van der Waals surface area contributed by atoms with E-state index in [1.165, 1.54) is 19.2 Å². The first-order valence-corrected chi connectivity index (χ1v) is 8.37. The highest BCUT2D eigenvalue weighted by Gasteiger charge is 2.14. The number of sulfonamides is 1. The number of rotatable bonds is 7. The van der Waals surface area contributed by atoms with Crippen LogP contribution in [0.1, 0.15) is 10.6 Å². The van der Waals surface area contributed by atoms with Gasteiger partial charge >= 0.3 is 0 Å². The van der Waals surface area contributed by atoms with Gasteiger partial charge in [0.25, 0.3) is 5.91 Å². The van der Waals surface area contributed by atoms with Gasteiger partial charge in [-0.1, -0.05) is 0 Å². The summed E-state index contributed by atoms with van der Waals surface area (Å²) < 4.78 is 35.9. The van der Waals surface area contributed by atoms with Crippen LogP contribution in [0.2, 0.25) is 0 Å². The van der Waals surface area contributed by atoms with E-state index in [4.69, 9.17) is 9.15 Å². The molecule has 0 radical (unpaired) electrons. The first-order valence-electron chi connectivity index (χ1n) is 6.89. The molecule has 1 aromatic heterocycles. The molecule has 1 aromatic carbocycles. The van der Waals surface area contributed by atoms with E-state index in [1.54, 1.807) is 31.4 Å². The second kappa shape index (κ2) is 7.40. The zero-order chi connectivity index (χ0) is 16.9. The Kier molecular flexibility index (Phi) is 5.54. The molecule has 23 heavy (non-hydrogen) atoms. The Morgan fingerprint density at radius 3 is 2.48 bits per heavy atom. The van der Waals surface area contributed by atoms with Gasteiger partial charge in [-0.3, -0.25) is 4.79 Å². The quantitative estimate of drug-likeness (QED) is 0.740. The third-order valence-corrected chi connectivity index (χ3v) is 4.57. The molecule has 2 rings (SSSR count). The molecule has 0 saturated carbocycles. The molecule has 0 aliphatic carbocycles. The van der Waals surface area contributed by atoms with Gasteiger partial charge in [0.05, 0.1) is 11.5 Å². The summed E-state index contributed by atoms with van der Waals surface area (Å²) in [6.45, 7) is 0.808. The minimum Gasteiger partial charge on any atom is -0.451 e. The average Bonchev–Trinajstić information content (AvgIpc) is 3.05. The molecule has 2 N–H and O–H groups in total. The van der Waals surface area contributed by atoms with Crippen LogP contribution in [-0.2, 0) is 14.8 Å². The second-order valence-corrected chi connectivity index (χ2v) is 6.53. The van der Waals surface area contributed by atoms with E-state index in [-0.39, 0.29) is 16.6 Å². The van der Waals surface area contributed by atoms with Gasteiger partial charge in [0.1, 0.15) is 5.76 Å². The molecule has 0 saturated heterocycles. The summed E-state index contributed by atoms with van der Waals surface area (Å²) in [5.41, 5.74) is 0.677. The molecule has 8 heteroatoms. The molecule has 7 nitrogen and oxygen atoms in total. The lowest BCUT2D eigenvalue weighted by molar-refractivity contribution is 0.0910. The smallest absolute Gasteiger partial charge is 0.287 e. The highest BCUT2D eigenvalue weighted by Crippen LogP contribution is 2.23. The van der Waals surface area contributed by atoms with Crippen LogP contribution in [0.3, 0.4) is 0 Å². The maximum absolute atomic E-state index is 11.8.